The Hall–Kier alpha value is -1.27. The van der Waals surface area contributed by atoms with E-state index in [4.69, 9.17) is 0 Å². The number of hydrogen-bond donors (Lipinski definition) is 1. The molecule has 0 atom stereocenters. The summed E-state index contributed by atoms with van der Waals surface area (Å²) in [7, 11) is 1.55. The molecule has 0 aliphatic rings. The van der Waals surface area contributed by atoms with Crippen molar-refractivity contribution >= 4 is 11.3 Å². The lowest BCUT2D eigenvalue weighted by Crippen LogP contribution is -2.12. The smallest absolute Gasteiger partial charge is 0.215 e. The van der Waals surface area contributed by atoms with Crippen molar-refractivity contribution in [1.82, 2.24) is 15.1 Å². The molecule has 0 spiro atoms. The van der Waals surface area contributed by atoms with Gasteiger partial charge in [0, 0.05) is 30.6 Å². The number of aromatic nitrogens is 2. The maximum Gasteiger partial charge on any atom is 0.215 e. The third-order valence-corrected chi connectivity index (χ3v) is 3.05. The Morgan fingerprint density at radius 3 is 2.75 bits per heavy atom. The number of aryl methyl sites for hydroxylation is 1. The molecule has 0 radical (unpaired) electrons. The normalized spacial score (nSPS) is 10.9. The van der Waals surface area contributed by atoms with Crippen molar-refractivity contribution in [3.05, 3.63) is 39.8 Å². The fraction of sp³-hybridized carbons (Fsp3) is 0.300. The number of hydrogen-bond acceptors (Lipinski definition) is 3. The van der Waals surface area contributed by atoms with Crippen LogP contribution in [0.2, 0.25) is 0 Å². The molecule has 0 unspecified atom stereocenters. The second-order valence-corrected chi connectivity index (χ2v) is 4.51. The van der Waals surface area contributed by atoms with E-state index >= 15 is 0 Å². The first-order chi connectivity index (χ1) is 7.66. The van der Waals surface area contributed by atoms with Gasteiger partial charge in [-0.2, -0.15) is 13.9 Å². The van der Waals surface area contributed by atoms with Crippen LogP contribution in [0.1, 0.15) is 10.4 Å². The van der Waals surface area contributed by atoms with Gasteiger partial charge >= 0.3 is 0 Å². The average Bonchev–Trinajstić information content (AvgIpc) is 2.79. The minimum Gasteiger partial charge on any atom is -0.308 e. The predicted molar refractivity (Wildman–Crippen MR) is 58.0 cm³/mol. The molecule has 2 heterocycles. The maximum absolute atomic E-state index is 13.3. The summed E-state index contributed by atoms with van der Waals surface area (Å²) in [4.78, 5) is 0.891. The Morgan fingerprint density at radius 1 is 1.38 bits per heavy atom. The second kappa shape index (κ2) is 4.71. The van der Waals surface area contributed by atoms with Crippen molar-refractivity contribution in [3.8, 4) is 0 Å². The van der Waals surface area contributed by atoms with Crippen LogP contribution >= 0.6 is 11.3 Å². The number of nitrogens with zero attached hydrogens (tertiary/aromatic N) is 2. The van der Waals surface area contributed by atoms with Crippen LogP contribution in [-0.2, 0) is 20.1 Å². The van der Waals surface area contributed by atoms with Gasteiger partial charge in [0.2, 0.25) is 5.95 Å². The average molecular weight is 243 g/mol. The first kappa shape index (κ1) is 11.2. The van der Waals surface area contributed by atoms with Gasteiger partial charge in [0.15, 0.2) is 5.13 Å². The van der Waals surface area contributed by atoms with E-state index in [0.717, 1.165) is 16.2 Å². The number of rotatable bonds is 4. The van der Waals surface area contributed by atoms with Gasteiger partial charge in [-0.05, 0) is 12.1 Å². The molecule has 16 heavy (non-hydrogen) atoms. The quantitative estimate of drug-likeness (QED) is 0.890. The predicted octanol–water partition coefficient (Wildman–Crippen LogP) is 2.05. The van der Waals surface area contributed by atoms with Crippen LogP contribution in [0.3, 0.4) is 0 Å². The van der Waals surface area contributed by atoms with Crippen molar-refractivity contribution in [3.63, 3.8) is 0 Å². The van der Waals surface area contributed by atoms with E-state index < -0.39 is 0 Å². The van der Waals surface area contributed by atoms with Gasteiger partial charge in [-0.15, -0.1) is 11.3 Å². The summed E-state index contributed by atoms with van der Waals surface area (Å²) < 4.78 is 27.1. The van der Waals surface area contributed by atoms with Crippen LogP contribution in [0.5, 0.6) is 0 Å². The summed E-state index contributed by atoms with van der Waals surface area (Å²) in [6.07, 6.45) is 1.48. The fourth-order valence-corrected chi connectivity index (χ4v) is 2.05. The first-order valence-corrected chi connectivity index (χ1v) is 5.60. The zero-order valence-electron chi connectivity index (χ0n) is 8.70. The number of nitrogens with one attached hydrogen (secondary N) is 1. The Labute approximate surface area is 95.7 Å². The number of halogens is 2. The van der Waals surface area contributed by atoms with Crippen molar-refractivity contribution in [2.45, 2.75) is 13.1 Å². The van der Waals surface area contributed by atoms with Crippen LogP contribution in [0, 0.1) is 11.1 Å². The fourth-order valence-electron chi connectivity index (χ4n) is 1.35. The molecule has 0 aliphatic carbocycles. The monoisotopic (exact) mass is 243 g/mol. The van der Waals surface area contributed by atoms with Crippen molar-refractivity contribution < 1.29 is 8.78 Å². The highest BCUT2D eigenvalue weighted by Crippen LogP contribution is 2.14. The van der Waals surface area contributed by atoms with E-state index in [1.54, 1.807) is 13.1 Å². The Balaban J connectivity index is 1.86. The lowest BCUT2D eigenvalue weighted by atomic mass is 10.3. The molecule has 1 N–H and O–H groups in total. The summed E-state index contributed by atoms with van der Waals surface area (Å²) in [6, 6.07) is 3.14. The molecule has 0 aliphatic heterocycles. The first-order valence-electron chi connectivity index (χ1n) is 4.78. The maximum atomic E-state index is 13.3. The van der Waals surface area contributed by atoms with Crippen LogP contribution in [0.15, 0.2) is 18.3 Å². The van der Waals surface area contributed by atoms with Crippen LogP contribution < -0.4 is 5.32 Å². The van der Waals surface area contributed by atoms with E-state index in [0.29, 0.717) is 18.7 Å². The van der Waals surface area contributed by atoms with Gasteiger partial charge in [-0.25, -0.2) is 4.68 Å². The summed E-state index contributed by atoms with van der Waals surface area (Å²) in [6.45, 7) is 0.919. The zero-order valence-corrected chi connectivity index (χ0v) is 9.52. The Bertz CT molecular complexity index is 478. The third kappa shape index (κ3) is 2.45. The van der Waals surface area contributed by atoms with Gasteiger partial charge in [0.25, 0.3) is 0 Å². The molecule has 0 bridgehead atoms. The summed E-state index contributed by atoms with van der Waals surface area (Å²) in [5.74, 6) is -0.343. The van der Waals surface area contributed by atoms with E-state index in [1.807, 2.05) is 0 Å². The molecule has 0 aromatic carbocycles. The van der Waals surface area contributed by atoms with Crippen molar-refractivity contribution in [1.29, 1.82) is 0 Å². The molecular weight excluding hydrogens is 232 g/mol. The van der Waals surface area contributed by atoms with Crippen LogP contribution in [-0.4, -0.2) is 9.78 Å². The molecule has 3 nitrogen and oxygen atoms in total. The lowest BCUT2D eigenvalue weighted by Gasteiger charge is -2.00. The molecule has 2 aromatic rings. The summed E-state index contributed by atoms with van der Waals surface area (Å²) in [5.41, 5.74) is 0.513. The SMILES string of the molecule is Cn1ncc(CNCc2ccc(F)s2)c1F. The van der Waals surface area contributed by atoms with Gasteiger partial charge in [-0.1, -0.05) is 0 Å². The highest BCUT2D eigenvalue weighted by atomic mass is 32.1. The minimum atomic E-state index is -0.343. The molecule has 86 valence electrons. The number of thiophene rings is 1. The molecule has 0 fully saturated rings. The Morgan fingerprint density at radius 2 is 2.19 bits per heavy atom. The van der Waals surface area contributed by atoms with Gasteiger partial charge < -0.3 is 5.32 Å². The van der Waals surface area contributed by atoms with E-state index in [2.05, 4.69) is 10.4 Å². The topological polar surface area (TPSA) is 29.9 Å². The highest BCUT2D eigenvalue weighted by molar-refractivity contribution is 7.10. The van der Waals surface area contributed by atoms with Gasteiger partial charge in [0.05, 0.1) is 6.20 Å². The molecule has 6 heteroatoms. The minimum absolute atomic E-state index is 0.204. The van der Waals surface area contributed by atoms with E-state index in [-0.39, 0.29) is 11.1 Å². The summed E-state index contributed by atoms with van der Waals surface area (Å²) >= 11 is 1.09. The lowest BCUT2D eigenvalue weighted by molar-refractivity contribution is 0.490. The molecule has 2 aromatic heterocycles. The molecule has 2 rings (SSSR count). The standard InChI is InChI=1S/C10H11F2N3S/c1-15-10(12)7(5-14-15)4-13-6-8-2-3-9(11)16-8/h2-3,5,13H,4,6H2,1H3. The van der Waals surface area contributed by atoms with E-state index in [1.165, 1.54) is 16.9 Å². The third-order valence-electron chi connectivity index (χ3n) is 2.18. The van der Waals surface area contributed by atoms with E-state index in [9.17, 15) is 8.78 Å². The van der Waals surface area contributed by atoms with Crippen molar-refractivity contribution in [2.24, 2.45) is 7.05 Å². The summed E-state index contributed by atoms with van der Waals surface area (Å²) in [5, 5.41) is 6.62. The van der Waals surface area contributed by atoms with Gasteiger partial charge in [0.1, 0.15) is 0 Å². The Kier molecular flexibility index (Phi) is 3.31. The molecule has 0 amide bonds. The van der Waals surface area contributed by atoms with Crippen molar-refractivity contribution in [2.75, 3.05) is 0 Å². The highest BCUT2D eigenvalue weighted by Gasteiger charge is 2.06. The zero-order chi connectivity index (χ0) is 11.5. The van der Waals surface area contributed by atoms with Crippen LogP contribution in [0.25, 0.3) is 0 Å². The largest absolute Gasteiger partial charge is 0.308 e. The molecule has 0 saturated carbocycles. The van der Waals surface area contributed by atoms with Crippen LogP contribution in [0.4, 0.5) is 8.78 Å². The molecule has 0 saturated heterocycles. The van der Waals surface area contributed by atoms with Gasteiger partial charge in [-0.3, -0.25) is 0 Å². The molecular formula is C10H11F2N3S. The second-order valence-electron chi connectivity index (χ2n) is 3.39.